The molecule has 2 amide bonds. The van der Waals surface area contributed by atoms with Crippen LogP contribution in [0.15, 0.2) is 24.4 Å². The molecule has 0 saturated carbocycles. The molecule has 4 heterocycles. The number of fused-ring (bicyclic) bond motifs is 1. The first kappa shape index (κ1) is 20.3. The van der Waals surface area contributed by atoms with E-state index in [1.54, 1.807) is 18.3 Å². The van der Waals surface area contributed by atoms with Crippen LogP contribution in [0.1, 0.15) is 42.6 Å². The summed E-state index contributed by atoms with van der Waals surface area (Å²) in [5.41, 5.74) is 0.413. The van der Waals surface area contributed by atoms with Crippen molar-refractivity contribution < 1.29 is 14.7 Å². The van der Waals surface area contributed by atoms with Crippen molar-refractivity contribution in [1.82, 2.24) is 19.7 Å². The van der Waals surface area contributed by atoms with E-state index >= 15 is 0 Å². The van der Waals surface area contributed by atoms with Crippen LogP contribution in [0.3, 0.4) is 0 Å². The van der Waals surface area contributed by atoms with Gasteiger partial charge in [-0.05, 0) is 57.8 Å². The molecule has 7 nitrogen and oxygen atoms in total. The molecular formula is C22H32N4O3. The fourth-order valence-corrected chi connectivity index (χ4v) is 5.46. The smallest absolute Gasteiger partial charge is 0.272 e. The van der Waals surface area contributed by atoms with Crippen LogP contribution in [-0.2, 0) is 4.79 Å². The SMILES string of the molecule is CN1CCC[C@]2(CO)CCN(C(=O)C3CCN(C(=O)c4ccccn4)CC3)C[C@@H]12. The third-order valence-corrected chi connectivity index (χ3v) is 7.34. The van der Waals surface area contributed by atoms with Gasteiger partial charge in [0, 0.05) is 49.8 Å². The maximum Gasteiger partial charge on any atom is 0.272 e. The Balaban J connectivity index is 1.35. The molecule has 0 aromatic carbocycles. The molecule has 1 N–H and O–H groups in total. The van der Waals surface area contributed by atoms with E-state index in [-0.39, 0.29) is 35.8 Å². The van der Waals surface area contributed by atoms with Gasteiger partial charge in [0.05, 0.1) is 6.61 Å². The molecule has 7 heteroatoms. The second-order valence-electron chi connectivity index (χ2n) is 8.94. The van der Waals surface area contributed by atoms with E-state index in [2.05, 4.69) is 16.9 Å². The lowest BCUT2D eigenvalue weighted by molar-refractivity contribution is -0.145. The Labute approximate surface area is 172 Å². The summed E-state index contributed by atoms with van der Waals surface area (Å²) in [7, 11) is 2.12. The Morgan fingerprint density at radius 2 is 1.93 bits per heavy atom. The number of aliphatic hydroxyl groups excluding tert-OH is 1. The number of carbonyl (C=O) groups is 2. The van der Waals surface area contributed by atoms with Crippen LogP contribution in [0.2, 0.25) is 0 Å². The predicted octanol–water partition coefficient (Wildman–Crippen LogP) is 1.24. The minimum Gasteiger partial charge on any atom is -0.396 e. The Kier molecular flexibility index (Phi) is 5.88. The number of carbonyl (C=O) groups excluding carboxylic acids is 2. The van der Waals surface area contributed by atoms with Gasteiger partial charge in [0.2, 0.25) is 5.91 Å². The number of piperidine rings is 3. The highest BCUT2D eigenvalue weighted by Crippen LogP contribution is 2.42. The Morgan fingerprint density at radius 1 is 1.14 bits per heavy atom. The molecule has 1 aromatic heterocycles. The number of nitrogens with zero attached hydrogens (tertiary/aromatic N) is 4. The number of aromatic nitrogens is 1. The zero-order valence-electron chi connectivity index (χ0n) is 17.3. The van der Waals surface area contributed by atoms with Crippen LogP contribution < -0.4 is 0 Å². The Hall–Kier alpha value is -1.99. The maximum atomic E-state index is 13.2. The minimum atomic E-state index is -0.0533. The van der Waals surface area contributed by atoms with E-state index < -0.39 is 0 Å². The molecule has 4 rings (SSSR count). The first-order chi connectivity index (χ1) is 14.0. The lowest BCUT2D eigenvalue weighted by Crippen LogP contribution is -2.63. The maximum absolute atomic E-state index is 13.2. The van der Waals surface area contributed by atoms with Gasteiger partial charge in [-0.3, -0.25) is 14.6 Å². The molecule has 3 aliphatic heterocycles. The molecule has 0 radical (unpaired) electrons. The molecule has 0 aliphatic carbocycles. The number of rotatable bonds is 3. The summed E-state index contributed by atoms with van der Waals surface area (Å²) >= 11 is 0. The second kappa shape index (κ2) is 8.40. The van der Waals surface area contributed by atoms with Crippen molar-refractivity contribution in [2.24, 2.45) is 11.3 Å². The van der Waals surface area contributed by atoms with Crippen molar-refractivity contribution in [2.45, 2.75) is 38.1 Å². The van der Waals surface area contributed by atoms with Crippen molar-refractivity contribution in [3.63, 3.8) is 0 Å². The highest BCUT2D eigenvalue weighted by atomic mass is 16.3. The van der Waals surface area contributed by atoms with Crippen molar-refractivity contribution in [3.8, 4) is 0 Å². The lowest BCUT2D eigenvalue weighted by Gasteiger charge is -2.54. The third-order valence-electron chi connectivity index (χ3n) is 7.34. The molecule has 29 heavy (non-hydrogen) atoms. The zero-order chi connectivity index (χ0) is 20.4. The molecule has 3 fully saturated rings. The Bertz CT molecular complexity index is 735. The first-order valence-electron chi connectivity index (χ1n) is 10.8. The van der Waals surface area contributed by atoms with Gasteiger partial charge in [-0.1, -0.05) is 6.07 Å². The number of aliphatic hydroxyl groups is 1. The van der Waals surface area contributed by atoms with E-state index in [4.69, 9.17) is 0 Å². The van der Waals surface area contributed by atoms with E-state index in [0.717, 1.165) is 32.4 Å². The molecule has 3 aliphatic rings. The largest absolute Gasteiger partial charge is 0.396 e. The molecule has 158 valence electrons. The molecule has 1 aromatic rings. The average Bonchev–Trinajstić information content (AvgIpc) is 2.79. The van der Waals surface area contributed by atoms with Crippen molar-refractivity contribution in [3.05, 3.63) is 30.1 Å². The summed E-state index contributed by atoms with van der Waals surface area (Å²) in [6.07, 6.45) is 6.09. The third kappa shape index (κ3) is 3.90. The topological polar surface area (TPSA) is 77.0 Å². The van der Waals surface area contributed by atoms with E-state index in [0.29, 0.717) is 38.2 Å². The van der Waals surface area contributed by atoms with Crippen LogP contribution in [-0.4, -0.2) is 89.0 Å². The summed E-state index contributed by atoms with van der Waals surface area (Å²) in [5.74, 6) is 0.157. The van der Waals surface area contributed by atoms with Crippen LogP contribution in [0.5, 0.6) is 0 Å². The van der Waals surface area contributed by atoms with Gasteiger partial charge in [0.25, 0.3) is 5.91 Å². The van der Waals surface area contributed by atoms with Gasteiger partial charge in [-0.2, -0.15) is 0 Å². The summed E-state index contributed by atoms with van der Waals surface area (Å²) in [6.45, 7) is 3.88. The van der Waals surface area contributed by atoms with Crippen molar-refractivity contribution in [2.75, 3.05) is 46.4 Å². The van der Waals surface area contributed by atoms with Gasteiger partial charge in [0.1, 0.15) is 5.69 Å². The zero-order valence-corrected chi connectivity index (χ0v) is 17.3. The van der Waals surface area contributed by atoms with Crippen LogP contribution >= 0.6 is 0 Å². The van der Waals surface area contributed by atoms with Crippen LogP contribution in [0.25, 0.3) is 0 Å². The van der Waals surface area contributed by atoms with Gasteiger partial charge >= 0.3 is 0 Å². The van der Waals surface area contributed by atoms with Gasteiger partial charge in [0.15, 0.2) is 0 Å². The average molecular weight is 401 g/mol. The second-order valence-corrected chi connectivity index (χ2v) is 8.94. The summed E-state index contributed by atoms with van der Waals surface area (Å²) in [6, 6.07) is 5.60. The van der Waals surface area contributed by atoms with Crippen molar-refractivity contribution in [1.29, 1.82) is 0 Å². The summed E-state index contributed by atoms with van der Waals surface area (Å²) < 4.78 is 0. The molecule has 0 unspecified atom stereocenters. The highest BCUT2D eigenvalue weighted by Gasteiger charge is 2.47. The number of hydrogen-bond donors (Lipinski definition) is 1. The van der Waals surface area contributed by atoms with Crippen LogP contribution in [0.4, 0.5) is 0 Å². The molecule has 0 bridgehead atoms. The monoisotopic (exact) mass is 400 g/mol. The number of pyridine rings is 1. The fraction of sp³-hybridized carbons (Fsp3) is 0.682. The minimum absolute atomic E-state index is 0.0155. The van der Waals surface area contributed by atoms with Crippen LogP contribution in [0, 0.1) is 11.3 Å². The summed E-state index contributed by atoms with van der Waals surface area (Å²) in [5, 5.41) is 10.1. The number of likely N-dealkylation sites (tertiary alicyclic amines) is 3. The van der Waals surface area contributed by atoms with E-state index in [9.17, 15) is 14.7 Å². The molecular weight excluding hydrogens is 368 g/mol. The fourth-order valence-electron chi connectivity index (χ4n) is 5.46. The van der Waals surface area contributed by atoms with Gasteiger partial charge < -0.3 is 19.8 Å². The number of hydrogen-bond acceptors (Lipinski definition) is 5. The normalized spacial score (nSPS) is 28.8. The van der Waals surface area contributed by atoms with Gasteiger partial charge in [-0.25, -0.2) is 0 Å². The standard InChI is InChI=1S/C22H32N4O3/c1-24-11-4-8-22(16-27)9-14-26(15-19(22)24)20(28)17-6-12-25(13-7-17)21(29)18-5-2-3-10-23-18/h2-3,5,10,17,19,27H,4,6-9,11-16H2,1H3/t19-,22-/m1/s1. The van der Waals surface area contributed by atoms with Gasteiger partial charge in [-0.15, -0.1) is 0 Å². The Morgan fingerprint density at radius 3 is 2.62 bits per heavy atom. The highest BCUT2D eigenvalue weighted by molar-refractivity contribution is 5.92. The van der Waals surface area contributed by atoms with Crippen molar-refractivity contribution >= 4 is 11.8 Å². The molecule has 3 saturated heterocycles. The first-order valence-corrected chi connectivity index (χ1v) is 10.8. The quantitative estimate of drug-likeness (QED) is 0.826. The summed E-state index contributed by atoms with van der Waals surface area (Å²) in [4.78, 5) is 36.1. The predicted molar refractivity (Wildman–Crippen MR) is 109 cm³/mol. The van der Waals surface area contributed by atoms with E-state index in [1.165, 1.54) is 0 Å². The number of amides is 2. The molecule has 0 spiro atoms. The lowest BCUT2D eigenvalue weighted by atomic mass is 9.69. The van der Waals surface area contributed by atoms with E-state index in [1.807, 2.05) is 15.9 Å². The molecule has 2 atom stereocenters. The number of likely N-dealkylation sites (N-methyl/N-ethyl adjacent to an activating group) is 1.